The lowest BCUT2D eigenvalue weighted by atomic mass is 9.93. The van der Waals surface area contributed by atoms with Crippen LogP contribution in [0, 0.1) is 0 Å². The summed E-state index contributed by atoms with van der Waals surface area (Å²) in [6, 6.07) is 7.94. The number of hydrogen-bond acceptors (Lipinski definition) is 4. The van der Waals surface area contributed by atoms with Crippen molar-refractivity contribution in [3.63, 3.8) is 0 Å². The van der Waals surface area contributed by atoms with Gasteiger partial charge in [-0.25, -0.2) is 4.79 Å². The number of rotatable bonds is 6. The summed E-state index contributed by atoms with van der Waals surface area (Å²) < 4.78 is 10.3. The number of carbonyl (C=O) groups is 1. The highest BCUT2D eigenvalue weighted by molar-refractivity contribution is 7.80. The van der Waals surface area contributed by atoms with E-state index in [0.29, 0.717) is 23.2 Å². The van der Waals surface area contributed by atoms with E-state index >= 15 is 0 Å². The quantitative estimate of drug-likeness (QED) is 0.477. The Morgan fingerprint density at radius 3 is 2.48 bits per heavy atom. The number of allylic oxidation sites excluding steroid dienone is 1. The number of nitrogens with zero attached hydrogens (tertiary/aromatic N) is 1. The average molecular weight is 362 g/mol. The number of benzene rings is 1. The Labute approximate surface area is 155 Å². The molecule has 6 heteroatoms. The van der Waals surface area contributed by atoms with E-state index in [9.17, 15) is 4.79 Å². The van der Waals surface area contributed by atoms with E-state index in [2.05, 4.69) is 31.3 Å². The number of methoxy groups -OCH3 is 1. The molecule has 5 nitrogen and oxygen atoms in total. The molecule has 0 fully saturated rings. The van der Waals surface area contributed by atoms with Gasteiger partial charge in [0.2, 0.25) is 0 Å². The zero-order chi connectivity index (χ0) is 18.6. The number of esters is 1. The molecule has 0 aromatic heterocycles. The maximum Gasteiger partial charge on any atom is 0.338 e. The molecule has 1 heterocycles. The minimum Gasteiger partial charge on any atom is -0.460 e. The van der Waals surface area contributed by atoms with Crippen molar-refractivity contribution in [1.82, 2.24) is 10.2 Å². The van der Waals surface area contributed by atoms with Crippen LogP contribution >= 0.6 is 12.2 Å². The highest BCUT2D eigenvalue weighted by Gasteiger charge is 2.33. The first-order chi connectivity index (χ1) is 11.9. The average Bonchev–Trinajstić information content (AvgIpc) is 2.59. The summed E-state index contributed by atoms with van der Waals surface area (Å²) in [5.74, 6) is 0.102. The van der Waals surface area contributed by atoms with E-state index in [4.69, 9.17) is 21.7 Å². The van der Waals surface area contributed by atoms with Gasteiger partial charge in [0, 0.05) is 19.9 Å². The van der Waals surface area contributed by atoms with E-state index in [-0.39, 0.29) is 18.6 Å². The largest absolute Gasteiger partial charge is 0.460 e. The van der Waals surface area contributed by atoms with Gasteiger partial charge in [-0.3, -0.25) is 0 Å². The van der Waals surface area contributed by atoms with Crippen molar-refractivity contribution in [2.75, 3.05) is 27.4 Å². The van der Waals surface area contributed by atoms with Gasteiger partial charge in [-0.15, -0.1) is 0 Å². The van der Waals surface area contributed by atoms with Crippen LogP contribution < -0.4 is 5.32 Å². The molecule has 25 heavy (non-hydrogen) atoms. The maximum absolute atomic E-state index is 12.6. The van der Waals surface area contributed by atoms with Crippen LogP contribution in [0.25, 0.3) is 0 Å². The predicted molar refractivity (Wildman–Crippen MR) is 102 cm³/mol. The second kappa shape index (κ2) is 8.45. The molecule has 0 amide bonds. The zero-order valence-electron chi connectivity index (χ0n) is 15.5. The van der Waals surface area contributed by atoms with Crippen LogP contribution in [-0.4, -0.2) is 43.4 Å². The van der Waals surface area contributed by atoms with Gasteiger partial charge in [0.1, 0.15) is 6.61 Å². The number of thiocarbonyl (C=S) groups is 1. The third-order valence-corrected chi connectivity index (χ3v) is 4.82. The Bertz CT molecular complexity index is 668. The van der Waals surface area contributed by atoms with Crippen LogP contribution in [0.2, 0.25) is 0 Å². The summed E-state index contributed by atoms with van der Waals surface area (Å²) >= 11 is 5.40. The molecule has 1 aliphatic heterocycles. The molecular weight excluding hydrogens is 336 g/mol. The molecular formula is C19H26N2O3S. The van der Waals surface area contributed by atoms with Gasteiger partial charge >= 0.3 is 5.97 Å². The van der Waals surface area contributed by atoms with Crippen molar-refractivity contribution >= 4 is 23.3 Å². The molecule has 1 atom stereocenters. The summed E-state index contributed by atoms with van der Waals surface area (Å²) in [7, 11) is 3.41. The van der Waals surface area contributed by atoms with Crippen LogP contribution in [0.3, 0.4) is 0 Å². The number of hydrogen-bond donors (Lipinski definition) is 1. The second-order valence-electron chi connectivity index (χ2n) is 6.39. The number of ether oxygens (including phenoxy) is 2. The minimum absolute atomic E-state index is 0.222. The fourth-order valence-corrected chi connectivity index (χ4v) is 2.97. The third-order valence-electron chi connectivity index (χ3n) is 4.43. The molecule has 136 valence electrons. The zero-order valence-corrected chi connectivity index (χ0v) is 16.3. The molecule has 1 aromatic rings. The highest BCUT2D eigenvalue weighted by Crippen LogP contribution is 2.31. The lowest BCUT2D eigenvalue weighted by Crippen LogP contribution is -2.46. The van der Waals surface area contributed by atoms with Crippen molar-refractivity contribution in [2.45, 2.75) is 32.7 Å². The van der Waals surface area contributed by atoms with Crippen molar-refractivity contribution < 1.29 is 14.3 Å². The molecule has 1 unspecified atom stereocenters. The first kappa shape index (κ1) is 19.4. The summed E-state index contributed by atoms with van der Waals surface area (Å²) in [5, 5.41) is 3.84. The van der Waals surface area contributed by atoms with Crippen LogP contribution in [0.15, 0.2) is 35.5 Å². The fraction of sp³-hybridized carbons (Fsp3) is 0.474. The van der Waals surface area contributed by atoms with Gasteiger partial charge in [-0.05, 0) is 36.2 Å². The minimum atomic E-state index is -0.352. The first-order valence-electron chi connectivity index (χ1n) is 8.37. The van der Waals surface area contributed by atoms with E-state index < -0.39 is 0 Å². The fourth-order valence-electron chi connectivity index (χ4n) is 2.72. The molecule has 1 aromatic carbocycles. The van der Waals surface area contributed by atoms with Crippen molar-refractivity contribution in [3.05, 3.63) is 46.7 Å². The molecule has 0 radical (unpaired) electrons. The van der Waals surface area contributed by atoms with E-state index in [1.807, 2.05) is 26.1 Å². The third kappa shape index (κ3) is 4.38. The number of carbonyl (C=O) groups excluding carboxylic acids is 1. The van der Waals surface area contributed by atoms with Gasteiger partial charge in [0.15, 0.2) is 5.11 Å². The Hall–Kier alpha value is -1.92. The molecule has 2 rings (SSSR count). The molecule has 0 bridgehead atoms. The Morgan fingerprint density at radius 2 is 1.92 bits per heavy atom. The van der Waals surface area contributed by atoms with Gasteiger partial charge in [-0.2, -0.15) is 0 Å². The summed E-state index contributed by atoms with van der Waals surface area (Å²) in [4.78, 5) is 14.4. The smallest absolute Gasteiger partial charge is 0.338 e. The highest BCUT2D eigenvalue weighted by atomic mass is 32.1. The number of nitrogens with one attached hydrogen (secondary N) is 1. The van der Waals surface area contributed by atoms with E-state index in [1.54, 1.807) is 12.0 Å². The van der Waals surface area contributed by atoms with Crippen LogP contribution in [0.5, 0.6) is 0 Å². The standard InChI is InChI=1S/C19H26N2O3S/c1-12(2)14-6-8-15(9-7-14)17-16(18(22)24-11-10-23-5)13(3)21(4)19(25)20-17/h6-9,12,17H,10-11H2,1-5H3,(H,20,25). The maximum atomic E-state index is 12.6. The molecule has 0 aliphatic carbocycles. The predicted octanol–water partition coefficient (Wildman–Crippen LogP) is 3.13. The van der Waals surface area contributed by atoms with Crippen LogP contribution in [0.4, 0.5) is 0 Å². The lowest BCUT2D eigenvalue weighted by Gasteiger charge is -2.35. The first-order valence-corrected chi connectivity index (χ1v) is 8.78. The summed E-state index contributed by atoms with van der Waals surface area (Å²) in [6.07, 6.45) is 0. The van der Waals surface area contributed by atoms with Gasteiger partial charge in [0.05, 0.1) is 18.2 Å². The Kier molecular flexibility index (Phi) is 6.56. The molecule has 0 saturated heterocycles. The van der Waals surface area contributed by atoms with Gasteiger partial charge < -0.3 is 19.7 Å². The van der Waals surface area contributed by atoms with Crippen molar-refractivity contribution in [3.8, 4) is 0 Å². The van der Waals surface area contributed by atoms with E-state index in [1.165, 1.54) is 5.56 Å². The Morgan fingerprint density at radius 1 is 1.28 bits per heavy atom. The molecule has 0 saturated carbocycles. The summed E-state index contributed by atoms with van der Waals surface area (Å²) in [5.41, 5.74) is 3.61. The van der Waals surface area contributed by atoms with Crippen LogP contribution in [-0.2, 0) is 14.3 Å². The Balaban J connectivity index is 2.35. The van der Waals surface area contributed by atoms with Crippen molar-refractivity contribution in [2.24, 2.45) is 0 Å². The molecule has 1 N–H and O–H groups in total. The normalized spacial score (nSPS) is 17.8. The summed E-state index contributed by atoms with van der Waals surface area (Å²) in [6.45, 7) is 6.78. The van der Waals surface area contributed by atoms with Crippen molar-refractivity contribution in [1.29, 1.82) is 0 Å². The second-order valence-corrected chi connectivity index (χ2v) is 6.78. The van der Waals surface area contributed by atoms with Gasteiger partial charge in [0.25, 0.3) is 0 Å². The molecule has 1 aliphatic rings. The monoisotopic (exact) mass is 362 g/mol. The van der Waals surface area contributed by atoms with Crippen LogP contribution in [0.1, 0.15) is 43.9 Å². The lowest BCUT2D eigenvalue weighted by molar-refractivity contribution is -0.140. The SMILES string of the molecule is COCCOC(=O)C1=C(C)N(C)C(=S)NC1c1ccc(C(C)C)cc1. The van der Waals surface area contributed by atoms with Gasteiger partial charge in [-0.1, -0.05) is 38.1 Å². The van der Waals surface area contributed by atoms with E-state index in [0.717, 1.165) is 11.3 Å². The topological polar surface area (TPSA) is 50.8 Å². The molecule has 0 spiro atoms.